The maximum atomic E-state index is 4.14. The first kappa shape index (κ1) is 8.11. The highest BCUT2D eigenvalue weighted by Crippen LogP contribution is 2.19. The van der Waals surface area contributed by atoms with Crippen molar-refractivity contribution in [2.24, 2.45) is 0 Å². The van der Waals surface area contributed by atoms with Crippen LogP contribution in [0.4, 0.5) is 0 Å². The smallest absolute Gasteiger partial charge is 0.122 e. The lowest BCUT2D eigenvalue weighted by molar-refractivity contribution is 0.857. The first-order chi connectivity index (χ1) is 7.45. The van der Waals surface area contributed by atoms with Crippen LogP contribution in [0.5, 0.6) is 0 Å². The van der Waals surface area contributed by atoms with E-state index in [-0.39, 0.29) is 0 Å². The molecule has 3 heterocycles. The molecule has 0 fully saturated rings. The Hall–Kier alpha value is -2.23. The van der Waals surface area contributed by atoms with Crippen LogP contribution in [-0.4, -0.2) is 19.8 Å². The highest BCUT2D eigenvalue weighted by molar-refractivity contribution is 5.75. The summed E-state index contributed by atoms with van der Waals surface area (Å²) >= 11 is 0. The van der Waals surface area contributed by atoms with E-state index in [0.717, 1.165) is 16.8 Å². The van der Waals surface area contributed by atoms with Gasteiger partial charge in [0.15, 0.2) is 0 Å². The van der Waals surface area contributed by atoms with Crippen LogP contribution in [-0.2, 0) is 0 Å². The molecule has 0 radical (unpaired) electrons. The predicted octanol–water partition coefficient (Wildman–Crippen LogP) is 1.79. The Morgan fingerprint density at radius 1 is 1.07 bits per heavy atom. The number of hydrogen-bond acceptors (Lipinski definition) is 3. The van der Waals surface area contributed by atoms with Crippen molar-refractivity contribution >= 4 is 5.52 Å². The van der Waals surface area contributed by atoms with Crippen molar-refractivity contribution in [2.75, 3.05) is 0 Å². The Labute approximate surface area is 86.2 Å². The van der Waals surface area contributed by atoms with E-state index in [9.17, 15) is 0 Å². The summed E-state index contributed by atoms with van der Waals surface area (Å²) in [6, 6.07) is 9.75. The molecule has 0 saturated carbocycles. The average molecular weight is 196 g/mol. The standard InChI is InChI=1S/C11H8N4/c1-2-7-15-10(5-1)11(13-14-15)9-4-3-6-12-8-9/h1-8H. The molecule has 15 heavy (non-hydrogen) atoms. The minimum Gasteiger partial charge on any atom is -0.264 e. The number of fused-ring (bicyclic) bond motifs is 1. The fourth-order valence-electron chi connectivity index (χ4n) is 1.55. The summed E-state index contributed by atoms with van der Waals surface area (Å²) in [5.41, 5.74) is 2.84. The molecule has 0 aliphatic rings. The molecule has 3 aromatic rings. The lowest BCUT2D eigenvalue weighted by Crippen LogP contribution is -1.83. The van der Waals surface area contributed by atoms with Gasteiger partial charge >= 0.3 is 0 Å². The van der Waals surface area contributed by atoms with E-state index < -0.39 is 0 Å². The molecule has 0 bridgehead atoms. The summed E-state index contributed by atoms with van der Waals surface area (Å²) in [7, 11) is 0. The Morgan fingerprint density at radius 2 is 2.07 bits per heavy atom. The highest BCUT2D eigenvalue weighted by atomic mass is 15.4. The number of nitrogens with zero attached hydrogens (tertiary/aromatic N) is 4. The Bertz CT molecular complexity index is 586. The first-order valence-corrected chi connectivity index (χ1v) is 4.65. The van der Waals surface area contributed by atoms with Gasteiger partial charge in [-0.05, 0) is 24.3 Å². The largest absolute Gasteiger partial charge is 0.264 e. The van der Waals surface area contributed by atoms with Gasteiger partial charge < -0.3 is 0 Å². The molecule has 0 N–H and O–H groups in total. The van der Waals surface area contributed by atoms with Crippen LogP contribution in [0.3, 0.4) is 0 Å². The lowest BCUT2D eigenvalue weighted by atomic mass is 10.2. The van der Waals surface area contributed by atoms with E-state index in [0.29, 0.717) is 0 Å². The van der Waals surface area contributed by atoms with E-state index >= 15 is 0 Å². The van der Waals surface area contributed by atoms with Crippen molar-refractivity contribution < 1.29 is 0 Å². The fourth-order valence-corrected chi connectivity index (χ4v) is 1.55. The molecule has 0 amide bonds. The van der Waals surface area contributed by atoms with Crippen molar-refractivity contribution in [3.8, 4) is 11.3 Å². The van der Waals surface area contributed by atoms with Gasteiger partial charge in [0.25, 0.3) is 0 Å². The molecule has 0 aliphatic carbocycles. The number of pyridine rings is 2. The zero-order chi connectivity index (χ0) is 10.1. The molecule has 0 saturated heterocycles. The first-order valence-electron chi connectivity index (χ1n) is 4.65. The zero-order valence-electron chi connectivity index (χ0n) is 7.91. The van der Waals surface area contributed by atoms with Gasteiger partial charge in [0.1, 0.15) is 5.69 Å². The van der Waals surface area contributed by atoms with E-state index in [1.807, 2.05) is 36.5 Å². The van der Waals surface area contributed by atoms with Gasteiger partial charge in [-0.1, -0.05) is 11.3 Å². The topological polar surface area (TPSA) is 43.1 Å². The molecule has 4 nitrogen and oxygen atoms in total. The second kappa shape index (κ2) is 3.16. The number of rotatable bonds is 1. The molecule has 0 unspecified atom stereocenters. The van der Waals surface area contributed by atoms with E-state index in [1.165, 1.54) is 0 Å². The summed E-state index contributed by atoms with van der Waals surface area (Å²) in [6.07, 6.45) is 5.41. The van der Waals surface area contributed by atoms with Crippen molar-refractivity contribution in [1.29, 1.82) is 0 Å². The Kier molecular flexibility index (Phi) is 1.71. The summed E-state index contributed by atoms with van der Waals surface area (Å²) < 4.78 is 1.75. The van der Waals surface area contributed by atoms with Gasteiger partial charge in [0, 0.05) is 24.2 Å². The Morgan fingerprint density at radius 3 is 2.93 bits per heavy atom. The molecule has 72 valence electrons. The normalized spacial score (nSPS) is 10.7. The third kappa shape index (κ3) is 1.27. The second-order valence-electron chi connectivity index (χ2n) is 3.21. The molecule has 3 aromatic heterocycles. The van der Waals surface area contributed by atoms with Crippen LogP contribution >= 0.6 is 0 Å². The summed E-state index contributed by atoms with van der Waals surface area (Å²) in [5, 5.41) is 8.17. The molecular weight excluding hydrogens is 188 g/mol. The molecule has 0 atom stereocenters. The van der Waals surface area contributed by atoms with Crippen LogP contribution in [0.1, 0.15) is 0 Å². The minimum atomic E-state index is 0.865. The van der Waals surface area contributed by atoms with E-state index in [1.54, 1.807) is 16.9 Å². The monoisotopic (exact) mass is 196 g/mol. The number of hydrogen-bond donors (Lipinski definition) is 0. The molecular formula is C11H8N4. The van der Waals surface area contributed by atoms with Crippen molar-refractivity contribution in [2.45, 2.75) is 0 Å². The third-order valence-electron chi connectivity index (χ3n) is 2.26. The second-order valence-corrected chi connectivity index (χ2v) is 3.21. The summed E-state index contributed by atoms with van der Waals surface area (Å²) in [4.78, 5) is 4.07. The Balaban J connectivity index is 2.28. The van der Waals surface area contributed by atoms with Gasteiger partial charge in [0.05, 0.1) is 5.52 Å². The molecule has 0 aromatic carbocycles. The number of aromatic nitrogens is 4. The van der Waals surface area contributed by atoms with Gasteiger partial charge in [-0.15, -0.1) is 5.10 Å². The van der Waals surface area contributed by atoms with Crippen LogP contribution in [0.25, 0.3) is 16.8 Å². The quantitative estimate of drug-likeness (QED) is 0.596. The SMILES string of the molecule is c1cncc(-c2nnn3ccccc23)c1. The summed E-state index contributed by atoms with van der Waals surface area (Å²) in [6.45, 7) is 0. The predicted molar refractivity (Wildman–Crippen MR) is 56.2 cm³/mol. The maximum absolute atomic E-state index is 4.14. The van der Waals surface area contributed by atoms with Crippen molar-refractivity contribution in [3.63, 3.8) is 0 Å². The van der Waals surface area contributed by atoms with Gasteiger partial charge in [0.2, 0.25) is 0 Å². The van der Waals surface area contributed by atoms with E-state index in [4.69, 9.17) is 0 Å². The molecule has 0 spiro atoms. The summed E-state index contributed by atoms with van der Waals surface area (Å²) in [5.74, 6) is 0. The third-order valence-corrected chi connectivity index (χ3v) is 2.26. The molecule has 0 aliphatic heterocycles. The van der Waals surface area contributed by atoms with Gasteiger partial charge in [-0.2, -0.15) is 0 Å². The maximum Gasteiger partial charge on any atom is 0.122 e. The minimum absolute atomic E-state index is 0.865. The average Bonchev–Trinajstić information content (AvgIpc) is 2.74. The van der Waals surface area contributed by atoms with Crippen LogP contribution in [0.2, 0.25) is 0 Å². The van der Waals surface area contributed by atoms with Crippen LogP contribution in [0, 0.1) is 0 Å². The van der Waals surface area contributed by atoms with Crippen LogP contribution in [0.15, 0.2) is 48.9 Å². The lowest BCUT2D eigenvalue weighted by Gasteiger charge is -1.95. The van der Waals surface area contributed by atoms with Gasteiger partial charge in [-0.3, -0.25) is 4.98 Å². The van der Waals surface area contributed by atoms with Crippen molar-refractivity contribution in [3.05, 3.63) is 48.9 Å². The fraction of sp³-hybridized carbons (Fsp3) is 0. The van der Waals surface area contributed by atoms with Crippen LogP contribution < -0.4 is 0 Å². The molecule has 3 rings (SSSR count). The van der Waals surface area contributed by atoms with Crippen molar-refractivity contribution in [1.82, 2.24) is 19.8 Å². The molecule has 4 heteroatoms. The zero-order valence-corrected chi connectivity index (χ0v) is 7.91. The van der Waals surface area contributed by atoms with Gasteiger partial charge in [-0.25, -0.2) is 4.52 Å². The highest BCUT2D eigenvalue weighted by Gasteiger charge is 2.06. The van der Waals surface area contributed by atoms with E-state index in [2.05, 4.69) is 15.3 Å².